The van der Waals surface area contributed by atoms with Gasteiger partial charge in [-0.3, -0.25) is 4.31 Å². The van der Waals surface area contributed by atoms with Gasteiger partial charge in [-0.1, -0.05) is 26.0 Å². The first-order valence-electron chi connectivity index (χ1n) is 6.13. The van der Waals surface area contributed by atoms with Crippen molar-refractivity contribution in [1.82, 2.24) is 0 Å². The molecule has 18 heavy (non-hydrogen) atoms. The molecule has 0 spiro atoms. The minimum atomic E-state index is -3.34. The Kier molecular flexibility index (Phi) is 5.16. The van der Waals surface area contributed by atoms with Crippen LogP contribution in [0.25, 0.3) is 0 Å². The predicted octanol–water partition coefficient (Wildman–Crippen LogP) is 1.96. The molecule has 102 valence electrons. The van der Waals surface area contributed by atoms with Crippen LogP contribution in [0.15, 0.2) is 24.3 Å². The number of hydrogen-bond donors (Lipinski definition) is 1. The average Bonchev–Trinajstić information content (AvgIpc) is 2.36. The molecule has 0 atom stereocenters. The lowest BCUT2D eigenvalue weighted by Crippen LogP contribution is -2.34. The quantitative estimate of drug-likeness (QED) is 0.860. The van der Waals surface area contributed by atoms with Gasteiger partial charge in [0.15, 0.2) is 0 Å². The molecule has 4 nitrogen and oxygen atoms in total. The molecule has 0 amide bonds. The van der Waals surface area contributed by atoms with Crippen molar-refractivity contribution in [3.8, 4) is 0 Å². The molecule has 0 aromatic heterocycles. The van der Waals surface area contributed by atoms with Gasteiger partial charge in [-0.15, -0.1) is 0 Å². The molecule has 0 unspecified atom stereocenters. The van der Waals surface area contributed by atoms with Gasteiger partial charge in [-0.25, -0.2) is 8.42 Å². The van der Waals surface area contributed by atoms with Gasteiger partial charge in [0.25, 0.3) is 0 Å². The smallest absolute Gasteiger partial charge is 0.234 e. The minimum Gasteiger partial charge on any atom is -0.394 e. The minimum absolute atomic E-state index is 0.0267. The van der Waals surface area contributed by atoms with E-state index in [1.807, 2.05) is 12.1 Å². The van der Waals surface area contributed by atoms with Crippen LogP contribution >= 0.6 is 0 Å². The van der Waals surface area contributed by atoms with Crippen LogP contribution in [0.3, 0.4) is 0 Å². The van der Waals surface area contributed by atoms with E-state index in [9.17, 15) is 8.42 Å². The highest BCUT2D eigenvalue weighted by molar-refractivity contribution is 7.92. The third-order valence-electron chi connectivity index (χ3n) is 2.85. The van der Waals surface area contributed by atoms with Crippen molar-refractivity contribution in [2.24, 2.45) is 0 Å². The third-order valence-corrected chi connectivity index (χ3v) is 4.65. The molecule has 1 N–H and O–H groups in total. The second-order valence-corrected chi connectivity index (χ2v) is 6.62. The largest absolute Gasteiger partial charge is 0.394 e. The number of aliphatic hydroxyl groups is 1. The first-order chi connectivity index (χ1) is 8.42. The fourth-order valence-electron chi connectivity index (χ4n) is 1.70. The van der Waals surface area contributed by atoms with Crippen molar-refractivity contribution < 1.29 is 13.5 Å². The fourth-order valence-corrected chi connectivity index (χ4v) is 2.82. The van der Waals surface area contributed by atoms with Crippen molar-refractivity contribution in [1.29, 1.82) is 0 Å². The highest BCUT2D eigenvalue weighted by Crippen LogP contribution is 2.22. The molecule has 1 aromatic carbocycles. The summed E-state index contributed by atoms with van der Waals surface area (Å²) in [5, 5.41) is 8.99. The number of sulfonamides is 1. The second kappa shape index (κ2) is 6.20. The summed E-state index contributed by atoms with van der Waals surface area (Å²) in [5.41, 5.74) is 1.77. The van der Waals surface area contributed by atoms with Crippen LogP contribution in [-0.4, -0.2) is 32.4 Å². The van der Waals surface area contributed by atoms with E-state index >= 15 is 0 Å². The summed E-state index contributed by atoms with van der Waals surface area (Å²) in [6.45, 7) is 5.68. The first kappa shape index (κ1) is 15.0. The average molecular weight is 271 g/mol. The molecule has 5 heteroatoms. The van der Waals surface area contributed by atoms with Crippen molar-refractivity contribution in [3.05, 3.63) is 29.8 Å². The molecule has 0 fully saturated rings. The van der Waals surface area contributed by atoms with Crippen LogP contribution in [0.4, 0.5) is 5.69 Å². The molecule has 1 aromatic rings. The van der Waals surface area contributed by atoms with E-state index in [0.29, 0.717) is 11.6 Å². The monoisotopic (exact) mass is 271 g/mol. The Labute approximate surface area is 109 Å². The Balaban J connectivity index is 3.07. The van der Waals surface area contributed by atoms with E-state index in [2.05, 4.69) is 13.8 Å². The Hall–Kier alpha value is -1.07. The van der Waals surface area contributed by atoms with E-state index in [1.165, 1.54) is 4.31 Å². The Morgan fingerprint density at radius 2 is 1.78 bits per heavy atom. The van der Waals surface area contributed by atoms with Crippen molar-refractivity contribution in [2.45, 2.75) is 26.7 Å². The van der Waals surface area contributed by atoms with E-state index in [0.717, 1.165) is 5.56 Å². The number of rotatable bonds is 6. The molecule has 0 saturated heterocycles. The van der Waals surface area contributed by atoms with Crippen LogP contribution < -0.4 is 4.31 Å². The molecule has 0 bridgehead atoms. The summed E-state index contributed by atoms with van der Waals surface area (Å²) in [6, 6.07) is 7.43. The number of benzene rings is 1. The van der Waals surface area contributed by atoms with Gasteiger partial charge in [0.05, 0.1) is 24.6 Å². The number of nitrogens with zero attached hydrogens (tertiary/aromatic N) is 1. The molecule has 0 aliphatic rings. The van der Waals surface area contributed by atoms with Crippen molar-refractivity contribution in [3.63, 3.8) is 0 Å². The number of anilines is 1. The third kappa shape index (κ3) is 3.46. The fraction of sp³-hybridized carbons (Fsp3) is 0.538. The molecule has 0 saturated carbocycles. The maximum absolute atomic E-state index is 11.9. The summed E-state index contributed by atoms with van der Waals surface area (Å²) in [7, 11) is -3.34. The molecule has 0 heterocycles. The first-order valence-corrected chi connectivity index (χ1v) is 7.74. The normalized spacial score (nSPS) is 11.8. The zero-order valence-corrected chi connectivity index (χ0v) is 11.9. The molecule has 1 rings (SSSR count). The maximum Gasteiger partial charge on any atom is 0.234 e. The Morgan fingerprint density at radius 3 is 2.17 bits per heavy atom. The van der Waals surface area contributed by atoms with Crippen LogP contribution in [0.1, 0.15) is 32.3 Å². The SMILES string of the molecule is CCS(=O)(=O)N(CCO)c1ccc(C(C)C)cc1. The highest BCUT2D eigenvalue weighted by atomic mass is 32.2. The van der Waals surface area contributed by atoms with E-state index in [4.69, 9.17) is 5.11 Å². The summed E-state index contributed by atoms with van der Waals surface area (Å²) in [6.07, 6.45) is 0. The zero-order valence-electron chi connectivity index (χ0n) is 11.1. The number of aliphatic hydroxyl groups excluding tert-OH is 1. The van der Waals surface area contributed by atoms with Crippen LogP contribution in [0, 0.1) is 0 Å². The highest BCUT2D eigenvalue weighted by Gasteiger charge is 2.19. The van der Waals surface area contributed by atoms with Gasteiger partial charge in [-0.2, -0.15) is 0 Å². The maximum atomic E-state index is 11.9. The topological polar surface area (TPSA) is 57.6 Å². The van der Waals surface area contributed by atoms with Crippen LogP contribution in [0.5, 0.6) is 0 Å². The predicted molar refractivity (Wildman–Crippen MR) is 74.4 cm³/mol. The van der Waals surface area contributed by atoms with Crippen molar-refractivity contribution in [2.75, 3.05) is 23.2 Å². The lowest BCUT2D eigenvalue weighted by molar-refractivity contribution is 0.306. The Bertz CT molecular complexity index is 466. The van der Waals surface area contributed by atoms with E-state index < -0.39 is 10.0 Å². The molecule has 0 aliphatic heterocycles. The van der Waals surface area contributed by atoms with E-state index in [1.54, 1.807) is 19.1 Å². The van der Waals surface area contributed by atoms with Crippen molar-refractivity contribution >= 4 is 15.7 Å². The van der Waals surface area contributed by atoms with Gasteiger partial charge in [0.2, 0.25) is 10.0 Å². The second-order valence-electron chi connectivity index (χ2n) is 4.44. The van der Waals surface area contributed by atoms with Gasteiger partial charge in [0, 0.05) is 0 Å². The van der Waals surface area contributed by atoms with Gasteiger partial charge in [-0.05, 0) is 30.5 Å². The summed E-state index contributed by atoms with van der Waals surface area (Å²) >= 11 is 0. The molecule has 0 aliphatic carbocycles. The summed E-state index contributed by atoms with van der Waals surface area (Å²) < 4.78 is 25.1. The van der Waals surface area contributed by atoms with E-state index in [-0.39, 0.29) is 18.9 Å². The summed E-state index contributed by atoms with van der Waals surface area (Å²) in [4.78, 5) is 0. The lowest BCUT2D eigenvalue weighted by Gasteiger charge is -2.23. The molecular formula is C13H21NO3S. The lowest BCUT2D eigenvalue weighted by atomic mass is 10.0. The van der Waals surface area contributed by atoms with Crippen LogP contribution in [0.2, 0.25) is 0 Å². The number of hydrogen-bond acceptors (Lipinski definition) is 3. The van der Waals surface area contributed by atoms with Gasteiger partial charge >= 0.3 is 0 Å². The van der Waals surface area contributed by atoms with Gasteiger partial charge in [0.1, 0.15) is 0 Å². The summed E-state index contributed by atoms with van der Waals surface area (Å²) in [5.74, 6) is 0.437. The van der Waals surface area contributed by atoms with Gasteiger partial charge < -0.3 is 5.11 Å². The standard InChI is InChI=1S/C13H21NO3S/c1-4-18(16,17)14(9-10-15)13-7-5-12(6-8-13)11(2)3/h5-8,11,15H,4,9-10H2,1-3H3. The molecular weight excluding hydrogens is 250 g/mol. The zero-order chi connectivity index (χ0) is 13.8. The van der Waals surface area contributed by atoms with Crippen LogP contribution in [-0.2, 0) is 10.0 Å². The Morgan fingerprint density at radius 1 is 1.22 bits per heavy atom. The molecule has 0 radical (unpaired) electrons.